The average molecular weight is 312 g/mol. The van der Waals surface area contributed by atoms with Gasteiger partial charge in [-0.1, -0.05) is 0 Å². The summed E-state index contributed by atoms with van der Waals surface area (Å²) in [6.07, 6.45) is 0. The summed E-state index contributed by atoms with van der Waals surface area (Å²) in [6.45, 7) is 1.01. The maximum absolute atomic E-state index is 11.7. The molecule has 0 aromatic heterocycles. The molecule has 0 aliphatic carbocycles. The number of hydrogen-bond donors (Lipinski definition) is 2. The van der Waals surface area contributed by atoms with Gasteiger partial charge in [0.1, 0.15) is 13.2 Å². The van der Waals surface area contributed by atoms with E-state index >= 15 is 0 Å². The standard InChI is InChI=1S/C11H10BrN3O3/c12-6-3-5(8-10(16)15-11(13)14-8)4-7-9(6)18-2-1-17-7/h3-4,8H,1-2H2,(H3,13,14,15,16). The summed E-state index contributed by atoms with van der Waals surface area (Å²) in [7, 11) is 0. The molecule has 3 rings (SSSR count). The molecule has 1 aromatic rings. The molecule has 3 N–H and O–H groups in total. The number of nitrogens with two attached hydrogens (primary N) is 1. The predicted octanol–water partition coefficient (Wildman–Crippen LogP) is 0.706. The molecule has 2 aliphatic rings. The third-order valence-electron chi connectivity index (χ3n) is 2.70. The Kier molecular flexibility index (Phi) is 2.62. The third-order valence-corrected chi connectivity index (χ3v) is 3.29. The van der Waals surface area contributed by atoms with Crippen molar-refractivity contribution in [3.05, 3.63) is 22.2 Å². The average Bonchev–Trinajstić information content (AvgIpc) is 2.68. The summed E-state index contributed by atoms with van der Waals surface area (Å²) in [5.41, 5.74) is 6.19. The zero-order valence-electron chi connectivity index (χ0n) is 9.27. The Balaban J connectivity index is 2.03. The summed E-state index contributed by atoms with van der Waals surface area (Å²) < 4.78 is 11.7. The van der Waals surface area contributed by atoms with Gasteiger partial charge < -0.3 is 15.2 Å². The van der Waals surface area contributed by atoms with Gasteiger partial charge in [-0.25, -0.2) is 4.99 Å². The molecule has 94 valence electrons. The Morgan fingerprint density at radius 3 is 2.89 bits per heavy atom. The number of guanidine groups is 1. The number of amides is 1. The Labute approximate surface area is 111 Å². The molecule has 2 heterocycles. The number of carbonyl (C=O) groups excluding carboxylic acids is 1. The number of fused-ring (bicyclic) bond motifs is 1. The van der Waals surface area contributed by atoms with E-state index in [2.05, 4.69) is 26.2 Å². The first-order valence-electron chi connectivity index (χ1n) is 5.38. The monoisotopic (exact) mass is 311 g/mol. The summed E-state index contributed by atoms with van der Waals surface area (Å²) in [4.78, 5) is 15.7. The van der Waals surface area contributed by atoms with Crippen molar-refractivity contribution in [3.63, 3.8) is 0 Å². The number of aliphatic imine (C=N–C) groups is 1. The topological polar surface area (TPSA) is 85.9 Å². The van der Waals surface area contributed by atoms with Crippen LogP contribution in [0.1, 0.15) is 11.6 Å². The van der Waals surface area contributed by atoms with E-state index in [1.807, 2.05) is 0 Å². The number of carbonyl (C=O) groups is 1. The van der Waals surface area contributed by atoms with Gasteiger partial charge in [-0.3, -0.25) is 10.1 Å². The van der Waals surface area contributed by atoms with Gasteiger partial charge >= 0.3 is 0 Å². The van der Waals surface area contributed by atoms with Gasteiger partial charge in [0.25, 0.3) is 5.91 Å². The van der Waals surface area contributed by atoms with E-state index in [0.29, 0.717) is 30.3 Å². The van der Waals surface area contributed by atoms with Crippen molar-refractivity contribution in [1.82, 2.24) is 5.32 Å². The predicted molar refractivity (Wildman–Crippen MR) is 67.6 cm³/mol. The fraction of sp³-hybridized carbons (Fsp3) is 0.273. The molecular weight excluding hydrogens is 302 g/mol. The summed E-state index contributed by atoms with van der Waals surface area (Å²) >= 11 is 3.40. The molecule has 0 saturated carbocycles. The van der Waals surface area contributed by atoms with Crippen molar-refractivity contribution in [2.75, 3.05) is 13.2 Å². The van der Waals surface area contributed by atoms with E-state index in [1.54, 1.807) is 12.1 Å². The number of ether oxygens (including phenoxy) is 2. The number of hydrogen-bond acceptors (Lipinski definition) is 5. The van der Waals surface area contributed by atoms with E-state index < -0.39 is 6.04 Å². The minimum absolute atomic E-state index is 0.135. The SMILES string of the molecule is NC1=NC(c2cc(Br)c3c(c2)OCCO3)C(=O)N1. The van der Waals surface area contributed by atoms with Gasteiger partial charge in [0.05, 0.1) is 4.47 Å². The van der Waals surface area contributed by atoms with Crippen LogP contribution in [0.4, 0.5) is 0 Å². The fourth-order valence-electron chi connectivity index (χ4n) is 1.94. The highest BCUT2D eigenvalue weighted by Gasteiger charge is 2.29. The Hall–Kier alpha value is -1.76. The molecule has 1 atom stereocenters. The third kappa shape index (κ3) is 1.80. The van der Waals surface area contributed by atoms with Crippen LogP contribution in [0.5, 0.6) is 11.5 Å². The lowest BCUT2D eigenvalue weighted by Crippen LogP contribution is -2.31. The van der Waals surface area contributed by atoms with Crippen LogP contribution in [0.2, 0.25) is 0 Å². The molecule has 0 saturated heterocycles. The van der Waals surface area contributed by atoms with Crippen molar-refractivity contribution in [2.24, 2.45) is 10.7 Å². The maximum atomic E-state index is 11.7. The van der Waals surface area contributed by atoms with Crippen LogP contribution in [0.3, 0.4) is 0 Å². The van der Waals surface area contributed by atoms with Crippen LogP contribution in [-0.2, 0) is 4.79 Å². The minimum atomic E-state index is -0.628. The molecule has 7 heteroatoms. The van der Waals surface area contributed by atoms with E-state index in [-0.39, 0.29) is 11.9 Å². The number of halogens is 1. The molecule has 2 aliphatic heterocycles. The molecular formula is C11H10BrN3O3. The van der Waals surface area contributed by atoms with E-state index in [4.69, 9.17) is 15.2 Å². The van der Waals surface area contributed by atoms with Gasteiger partial charge in [-0.2, -0.15) is 0 Å². The molecule has 0 radical (unpaired) electrons. The summed E-state index contributed by atoms with van der Waals surface area (Å²) in [5, 5.41) is 2.47. The largest absolute Gasteiger partial charge is 0.486 e. The summed E-state index contributed by atoms with van der Waals surface area (Å²) in [5.74, 6) is 1.16. The second-order valence-electron chi connectivity index (χ2n) is 3.93. The Morgan fingerprint density at radius 1 is 1.39 bits per heavy atom. The molecule has 6 nitrogen and oxygen atoms in total. The highest BCUT2D eigenvalue weighted by molar-refractivity contribution is 9.10. The zero-order valence-corrected chi connectivity index (χ0v) is 10.9. The van der Waals surface area contributed by atoms with E-state index in [1.165, 1.54) is 0 Å². The lowest BCUT2D eigenvalue weighted by molar-refractivity contribution is -0.120. The number of nitrogens with one attached hydrogen (secondary N) is 1. The van der Waals surface area contributed by atoms with Crippen LogP contribution in [0.25, 0.3) is 0 Å². The van der Waals surface area contributed by atoms with Crippen LogP contribution in [-0.4, -0.2) is 25.1 Å². The van der Waals surface area contributed by atoms with Crippen molar-refractivity contribution in [2.45, 2.75) is 6.04 Å². The van der Waals surface area contributed by atoms with Gasteiger partial charge in [0.2, 0.25) is 0 Å². The van der Waals surface area contributed by atoms with E-state index in [0.717, 1.165) is 4.47 Å². The first kappa shape index (κ1) is 11.3. The summed E-state index contributed by atoms with van der Waals surface area (Å²) in [6, 6.07) is 2.92. The Bertz CT molecular complexity index is 559. The van der Waals surface area contributed by atoms with Crippen molar-refractivity contribution in [3.8, 4) is 11.5 Å². The lowest BCUT2D eigenvalue weighted by Gasteiger charge is -2.21. The Morgan fingerprint density at radius 2 is 2.17 bits per heavy atom. The smallest absolute Gasteiger partial charge is 0.256 e. The minimum Gasteiger partial charge on any atom is -0.486 e. The van der Waals surface area contributed by atoms with Crippen LogP contribution >= 0.6 is 15.9 Å². The second-order valence-corrected chi connectivity index (χ2v) is 4.79. The first-order chi connectivity index (χ1) is 8.65. The molecule has 1 unspecified atom stereocenters. The molecule has 0 bridgehead atoms. The van der Waals surface area contributed by atoms with Gasteiger partial charge in [-0.05, 0) is 33.6 Å². The fourth-order valence-corrected chi connectivity index (χ4v) is 2.51. The molecule has 1 amide bonds. The van der Waals surface area contributed by atoms with E-state index in [9.17, 15) is 4.79 Å². The quantitative estimate of drug-likeness (QED) is 0.799. The second kappa shape index (κ2) is 4.16. The van der Waals surface area contributed by atoms with Crippen LogP contribution in [0.15, 0.2) is 21.6 Å². The molecule has 18 heavy (non-hydrogen) atoms. The maximum Gasteiger partial charge on any atom is 0.256 e. The number of nitrogens with zero attached hydrogens (tertiary/aromatic N) is 1. The van der Waals surface area contributed by atoms with Crippen molar-refractivity contribution < 1.29 is 14.3 Å². The van der Waals surface area contributed by atoms with Crippen molar-refractivity contribution in [1.29, 1.82) is 0 Å². The van der Waals surface area contributed by atoms with Crippen LogP contribution < -0.4 is 20.5 Å². The highest BCUT2D eigenvalue weighted by Crippen LogP contribution is 2.40. The first-order valence-corrected chi connectivity index (χ1v) is 6.17. The molecule has 0 spiro atoms. The van der Waals surface area contributed by atoms with Gasteiger partial charge in [0, 0.05) is 0 Å². The van der Waals surface area contributed by atoms with Crippen LogP contribution in [0, 0.1) is 0 Å². The van der Waals surface area contributed by atoms with Gasteiger partial charge in [-0.15, -0.1) is 0 Å². The van der Waals surface area contributed by atoms with Crippen molar-refractivity contribution >= 4 is 27.8 Å². The van der Waals surface area contributed by atoms with Gasteiger partial charge in [0.15, 0.2) is 23.5 Å². The molecule has 0 fully saturated rings. The normalized spacial score (nSPS) is 21.5. The molecule has 1 aromatic carbocycles. The number of benzene rings is 1. The lowest BCUT2D eigenvalue weighted by atomic mass is 10.1. The highest BCUT2D eigenvalue weighted by atomic mass is 79.9. The number of rotatable bonds is 1. The zero-order chi connectivity index (χ0) is 12.7.